The molecular weight excluding hydrogens is 234 g/mol. The average molecular weight is 251 g/mol. The van der Waals surface area contributed by atoms with E-state index in [0.29, 0.717) is 5.75 Å². The van der Waals surface area contributed by atoms with E-state index >= 15 is 0 Å². The molecule has 1 N–H and O–H groups in total. The molecule has 3 rings (SSSR count). The molecule has 2 nitrogen and oxygen atoms in total. The number of aromatic hydroxyl groups is 1. The molecule has 0 radical (unpaired) electrons. The minimum Gasteiger partial charge on any atom is -0.508 e. The second-order valence-electron chi connectivity index (χ2n) is 4.81. The van der Waals surface area contributed by atoms with Crippen LogP contribution in [0.25, 0.3) is 5.57 Å². The maximum Gasteiger partial charge on any atom is 0.115 e. The number of hydrogen-bond acceptors (Lipinski definition) is 2. The van der Waals surface area contributed by atoms with Crippen molar-refractivity contribution in [2.24, 2.45) is 0 Å². The van der Waals surface area contributed by atoms with Crippen LogP contribution < -0.4 is 4.90 Å². The minimum absolute atomic E-state index is 0.321. The zero-order chi connectivity index (χ0) is 13.1. The summed E-state index contributed by atoms with van der Waals surface area (Å²) < 4.78 is 0. The van der Waals surface area contributed by atoms with Crippen molar-refractivity contribution < 1.29 is 5.11 Å². The quantitative estimate of drug-likeness (QED) is 0.880. The van der Waals surface area contributed by atoms with E-state index in [9.17, 15) is 5.11 Å². The molecule has 0 bridgehead atoms. The van der Waals surface area contributed by atoms with E-state index < -0.39 is 0 Å². The molecule has 2 aromatic rings. The summed E-state index contributed by atoms with van der Waals surface area (Å²) in [4.78, 5) is 2.33. The molecule has 1 aliphatic rings. The molecule has 19 heavy (non-hydrogen) atoms. The maximum atomic E-state index is 9.32. The van der Waals surface area contributed by atoms with Gasteiger partial charge in [0.25, 0.3) is 0 Å². The van der Waals surface area contributed by atoms with E-state index in [0.717, 1.165) is 19.5 Å². The highest BCUT2D eigenvalue weighted by atomic mass is 16.3. The van der Waals surface area contributed by atoms with E-state index in [4.69, 9.17) is 0 Å². The van der Waals surface area contributed by atoms with Crippen molar-refractivity contribution in [1.29, 1.82) is 0 Å². The predicted molar refractivity (Wildman–Crippen MR) is 79.4 cm³/mol. The fraction of sp³-hybridized carbons (Fsp3) is 0.176. The van der Waals surface area contributed by atoms with Crippen molar-refractivity contribution in [2.75, 3.05) is 18.0 Å². The van der Waals surface area contributed by atoms with Crippen LogP contribution in [0.5, 0.6) is 5.75 Å². The van der Waals surface area contributed by atoms with E-state index in [-0.39, 0.29) is 0 Å². The zero-order valence-electron chi connectivity index (χ0n) is 10.8. The van der Waals surface area contributed by atoms with Crippen molar-refractivity contribution in [3.8, 4) is 5.75 Å². The lowest BCUT2D eigenvalue weighted by molar-refractivity contribution is 0.475. The van der Waals surface area contributed by atoms with Gasteiger partial charge in [-0.3, -0.25) is 0 Å². The van der Waals surface area contributed by atoms with Crippen LogP contribution in [0.3, 0.4) is 0 Å². The van der Waals surface area contributed by atoms with Gasteiger partial charge < -0.3 is 10.0 Å². The maximum absolute atomic E-state index is 9.32. The van der Waals surface area contributed by atoms with Crippen molar-refractivity contribution in [3.63, 3.8) is 0 Å². The molecule has 0 atom stereocenters. The SMILES string of the molecule is Oc1ccc(N2CC=C(c3ccccc3)CC2)cc1. The molecule has 0 spiro atoms. The number of anilines is 1. The van der Waals surface area contributed by atoms with Crippen LogP contribution in [0.15, 0.2) is 60.7 Å². The van der Waals surface area contributed by atoms with E-state index in [2.05, 4.69) is 41.3 Å². The molecule has 0 unspecified atom stereocenters. The summed E-state index contributed by atoms with van der Waals surface area (Å²) in [6.07, 6.45) is 3.36. The first-order valence-corrected chi connectivity index (χ1v) is 6.61. The predicted octanol–water partition coefficient (Wildman–Crippen LogP) is 3.69. The third kappa shape index (κ3) is 2.63. The van der Waals surface area contributed by atoms with Crippen LogP contribution >= 0.6 is 0 Å². The summed E-state index contributed by atoms with van der Waals surface area (Å²) in [6.45, 7) is 1.94. The Morgan fingerprint density at radius 1 is 0.895 bits per heavy atom. The summed E-state index contributed by atoms with van der Waals surface area (Å²) in [5.41, 5.74) is 3.92. The fourth-order valence-electron chi connectivity index (χ4n) is 2.48. The van der Waals surface area contributed by atoms with Gasteiger partial charge in [0.15, 0.2) is 0 Å². The Hall–Kier alpha value is -2.22. The number of rotatable bonds is 2. The van der Waals surface area contributed by atoms with Gasteiger partial charge in [-0.2, -0.15) is 0 Å². The van der Waals surface area contributed by atoms with Crippen LogP contribution in [0.2, 0.25) is 0 Å². The van der Waals surface area contributed by atoms with Gasteiger partial charge in [0.05, 0.1) is 0 Å². The lowest BCUT2D eigenvalue weighted by Gasteiger charge is -2.28. The van der Waals surface area contributed by atoms with Gasteiger partial charge in [-0.1, -0.05) is 36.4 Å². The number of phenols is 1. The molecule has 96 valence electrons. The van der Waals surface area contributed by atoms with Gasteiger partial charge in [0.1, 0.15) is 5.75 Å². The highest BCUT2D eigenvalue weighted by molar-refractivity contribution is 5.68. The highest BCUT2D eigenvalue weighted by Crippen LogP contribution is 2.26. The van der Waals surface area contributed by atoms with Gasteiger partial charge in [0, 0.05) is 18.8 Å². The summed E-state index contributed by atoms with van der Waals surface area (Å²) in [6, 6.07) is 18.0. The third-order valence-electron chi connectivity index (χ3n) is 3.57. The summed E-state index contributed by atoms with van der Waals surface area (Å²) >= 11 is 0. The number of hydrogen-bond donors (Lipinski definition) is 1. The summed E-state index contributed by atoms with van der Waals surface area (Å²) in [5.74, 6) is 0.321. The van der Waals surface area contributed by atoms with Crippen molar-refractivity contribution >= 4 is 11.3 Å². The first-order chi connectivity index (χ1) is 9.33. The largest absolute Gasteiger partial charge is 0.508 e. The molecule has 0 fully saturated rings. The van der Waals surface area contributed by atoms with Gasteiger partial charge in [0.2, 0.25) is 0 Å². The molecule has 0 aromatic heterocycles. The Morgan fingerprint density at radius 3 is 2.26 bits per heavy atom. The zero-order valence-corrected chi connectivity index (χ0v) is 10.8. The Labute approximate surface area is 113 Å². The van der Waals surface area contributed by atoms with E-state index in [1.807, 2.05) is 12.1 Å². The summed E-state index contributed by atoms with van der Waals surface area (Å²) in [7, 11) is 0. The van der Waals surface area contributed by atoms with Crippen LogP contribution in [0.1, 0.15) is 12.0 Å². The lowest BCUT2D eigenvalue weighted by Crippen LogP contribution is -2.28. The van der Waals surface area contributed by atoms with Crippen LogP contribution in [0.4, 0.5) is 5.69 Å². The van der Waals surface area contributed by atoms with Crippen molar-refractivity contribution in [2.45, 2.75) is 6.42 Å². The van der Waals surface area contributed by atoms with Gasteiger partial charge in [-0.25, -0.2) is 0 Å². The molecule has 0 aliphatic carbocycles. The van der Waals surface area contributed by atoms with Gasteiger partial charge in [-0.05, 0) is 41.8 Å². The first kappa shape index (κ1) is 11.8. The van der Waals surface area contributed by atoms with Crippen LogP contribution in [-0.4, -0.2) is 18.2 Å². The number of benzene rings is 2. The Bertz CT molecular complexity index is 572. The van der Waals surface area contributed by atoms with Gasteiger partial charge >= 0.3 is 0 Å². The van der Waals surface area contributed by atoms with E-state index in [1.54, 1.807) is 12.1 Å². The minimum atomic E-state index is 0.321. The Morgan fingerprint density at radius 2 is 1.63 bits per heavy atom. The molecule has 0 amide bonds. The molecule has 1 aliphatic heterocycles. The number of nitrogens with zero attached hydrogens (tertiary/aromatic N) is 1. The Kier molecular flexibility index (Phi) is 3.23. The van der Waals surface area contributed by atoms with Gasteiger partial charge in [-0.15, -0.1) is 0 Å². The standard InChI is InChI=1S/C17H17NO/c19-17-8-6-16(7-9-17)18-12-10-15(11-13-18)14-4-2-1-3-5-14/h1-10,19H,11-13H2. The second kappa shape index (κ2) is 5.19. The Balaban J connectivity index is 1.75. The van der Waals surface area contributed by atoms with Crippen LogP contribution in [0, 0.1) is 0 Å². The lowest BCUT2D eigenvalue weighted by atomic mass is 9.99. The fourth-order valence-corrected chi connectivity index (χ4v) is 2.48. The summed E-state index contributed by atoms with van der Waals surface area (Å²) in [5, 5.41) is 9.32. The normalized spacial score (nSPS) is 15.2. The molecule has 0 saturated carbocycles. The second-order valence-corrected chi connectivity index (χ2v) is 4.81. The molecular formula is C17H17NO. The highest BCUT2D eigenvalue weighted by Gasteiger charge is 2.13. The van der Waals surface area contributed by atoms with Crippen molar-refractivity contribution in [3.05, 3.63) is 66.2 Å². The van der Waals surface area contributed by atoms with Crippen LogP contribution in [-0.2, 0) is 0 Å². The number of phenolic OH excluding ortho intramolecular Hbond substituents is 1. The molecule has 2 heteroatoms. The smallest absolute Gasteiger partial charge is 0.115 e. The average Bonchev–Trinajstić information content (AvgIpc) is 2.49. The molecule has 0 saturated heterocycles. The van der Waals surface area contributed by atoms with E-state index in [1.165, 1.54) is 16.8 Å². The monoisotopic (exact) mass is 251 g/mol. The first-order valence-electron chi connectivity index (χ1n) is 6.61. The van der Waals surface area contributed by atoms with Crippen molar-refractivity contribution in [1.82, 2.24) is 0 Å². The third-order valence-corrected chi connectivity index (χ3v) is 3.57. The topological polar surface area (TPSA) is 23.5 Å². The molecule has 1 heterocycles. The molecule has 2 aromatic carbocycles.